The molecule has 0 N–H and O–H groups in total. The highest BCUT2D eigenvalue weighted by Crippen LogP contribution is 2.14. The maximum Gasteiger partial charge on any atom is 0.222 e. The number of rotatable bonds is 4. The first-order chi connectivity index (χ1) is 9.19. The molecule has 0 saturated carbocycles. The highest BCUT2D eigenvalue weighted by molar-refractivity contribution is 5.76. The van der Waals surface area contributed by atoms with Crippen LogP contribution in [0.2, 0.25) is 0 Å². The Kier molecular flexibility index (Phi) is 4.91. The maximum absolute atomic E-state index is 12.8. The highest BCUT2D eigenvalue weighted by atomic mass is 19.1. The monoisotopic (exact) mass is 265 g/mol. The smallest absolute Gasteiger partial charge is 0.222 e. The van der Waals surface area contributed by atoms with E-state index in [1.165, 1.54) is 12.1 Å². The van der Waals surface area contributed by atoms with Gasteiger partial charge in [0, 0.05) is 26.6 Å². The Labute approximate surface area is 113 Å². The van der Waals surface area contributed by atoms with E-state index in [1.807, 2.05) is 4.90 Å². The van der Waals surface area contributed by atoms with Gasteiger partial charge in [0.15, 0.2) is 0 Å². The topological polar surface area (TPSA) is 29.5 Å². The Bertz CT molecular complexity index is 411. The van der Waals surface area contributed by atoms with Crippen LogP contribution in [0.5, 0.6) is 0 Å². The Morgan fingerprint density at radius 2 is 1.95 bits per heavy atom. The first-order valence-electron chi connectivity index (χ1n) is 6.74. The van der Waals surface area contributed by atoms with Crippen LogP contribution in [0.1, 0.15) is 24.8 Å². The zero-order chi connectivity index (χ0) is 13.7. The quantitative estimate of drug-likeness (QED) is 0.836. The van der Waals surface area contributed by atoms with E-state index in [0.29, 0.717) is 18.9 Å². The van der Waals surface area contributed by atoms with Crippen molar-refractivity contribution in [2.75, 3.05) is 20.2 Å². The fourth-order valence-electron chi connectivity index (χ4n) is 2.40. The zero-order valence-corrected chi connectivity index (χ0v) is 11.3. The van der Waals surface area contributed by atoms with E-state index >= 15 is 0 Å². The van der Waals surface area contributed by atoms with E-state index in [4.69, 9.17) is 4.74 Å². The minimum atomic E-state index is -0.239. The van der Waals surface area contributed by atoms with Gasteiger partial charge in [-0.15, -0.1) is 0 Å². The molecule has 0 aromatic heterocycles. The van der Waals surface area contributed by atoms with Crippen LogP contribution in [0.25, 0.3) is 0 Å². The number of aryl methyl sites for hydroxylation is 1. The SMILES string of the molecule is COC1CCN(C(=O)CCc2ccc(F)cc2)CC1. The molecule has 1 heterocycles. The molecule has 3 nitrogen and oxygen atoms in total. The van der Waals surface area contributed by atoms with E-state index in [0.717, 1.165) is 31.5 Å². The van der Waals surface area contributed by atoms with Gasteiger partial charge >= 0.3 is 0 Å². The van der Waals surface area contributed by atoms with Crippen molar-refractivity contribution in [1.29, 1.82) is 0 Å². The molecule has 0 bridgehead atoms. The van der Waals surface area contributed by atoms with Gasteiger partial charge in [-0.05, 0) is 37.0 Å². The Balaban J connectivity index is 1.77. The van der Waals surface area contributed by atoms with Crippen molar-refractivity contribution in [3.8, 4) is 0 Å². The molecule has 0 atom stereocenters. The van der Waals surface area contributed by atoms with Gasteiger partial charge in [0.1, 0.15) is 5.82 Å². The van der Waals surface area contributed by atoms with Crippen molar-refractivity contribution >= 4 is 5.91 Å². The molecule has 0 aliphatic carbocycles. The van der Waals surface area contributed by atoms with Crippen molar-refractivity contribution in [2.45, 2.75) is 31.8 Å². The number of hydrogen-bond acceptors (Lipinski definition) is 2. The highest BCUT2D eigenvalue weighted by Gasteiger charge is 2.21. The number of likely N-dealkylation sites (tertiary alicyclic amines) is 1. The number of methoxy groups -OCH3 is 1. The molecule has 1 saturated heterocycles. The lowest BCUT2D eigenvalue weighted by Gasteiger charge is -2.31. The van der Waals surface area contributed by atoms with E-state index in [2.05, 4.69) is 0 Å². The van der Waals surface area contributed by atoms with Crippen LogP contribution in [-0.4, -0.2) is 37.1 Å². The summed E-state index contributed by atoms with van der Waals surface area (Å²) in [5.41, 5.74) is 1.00. The number of halogens is 1. The third-order valence-electron chi connectivity index (χ3n) is 3.67. The number of hydrogen-bond donors (Lipinski definition) is 0. The molecule has 1 fully saturated rings. The largest absolute Gasteiger partial charge is 0.381 e. The van der Waals surface area contributed by atoms with Gasteiger partial charge in [-0.1, -0.05) is 12.1 Å². The van der Waals surface area contributed by atoms with Gasteiger partial charge < -0.3 is 9.64 Å². The summed E-state index contributed by atoms with van der Waals surface area (Å²) < 4.78 is 18.0. The standard InChI is InChI=1S/C15H20FNO2/c1-19-14-8-10-17(11-9-14)15(18)7-4-12-2-5-13(16)6-3-12/h2-3,5-6,14H,4,7-11H2,1H3. The lowest BCUT2D eigenvalue weighted by Crippen LogP contribution is -2.40. The van der Waals surface area contributed by atoms with E-state index < -0.39 is 0 Å². The second-order valence-electron chi connectivity index (χ2n) is 4.94. The van der Waals surface area contributed by atoms with Crippen molar-refractivity contribution < 1.29 is 13.9 Å². The molecule has 0 unspecified atom stereocenters. The molecule has 4 heteroatoms. The number of piperidine rings is 1. The second kappa shape index (κ2) is 6.66. The number of nitrogens with zero attached hydrogens (tertiary/aromatic N) is 1. The third kappa shape index (κ3) is 4.03. The average Bonchev–Trinajstić information content (AvgIpc) is 2.46. The summed E-state index contributed by atoms with van der Waals surface area (Å²) in [5, 5.41) is 0. The third-order valence-corrected chi connectivity index (χ3v) is 3.67. The minimum Gasteiger partial charge on any atom is -0.381 e. The van der Waals surface area contributed by atoms with Crippen LogP contribution in [0.3, 0.4) is 0 Å². The number of carbonyl (C=O) groups excluding carboxylic acids is 1. The fraction of sp³-hybridized carbons (Fsp3) is 0.533. The molecular weight excluding hydrogens is 245 g/mol. The minimum absolute atomic E-state index is 0.180. The molecule has 19 heavy (non-hydrogen) atoms. The van der Waals surface area contributed by atoms with E-state index in [-0.39, 0.29) is 11.7 Å². The maximum atomic E-state index is 12.8. The van der Waals surface area contributed by atoms with Gasteiger partial charge in [0.2, 0.25) is 5.91 Å². The van der Waals surface area contributed by atoms with Crippen LogP contribution in [-0.2, 0) is 16.0 Å². The fourth-order valence-corrected chi connectivity index (χ4v) is 2.40. The van der Waals surface area contributed by atoms with Crippen molar-refractivity contribution in [1.82, 2.24) is 4.90 Å². The molecule has 104 valence electrons. The van der Waals surface area contributed by atoms with Gasteiger partial charge in [-0.3, -0.25) is 4.79 Å². The van der Waals surface area contributed by atoms with Crippen molar-refractivity contribution in [3.05, 3.63) is 35.6 Å². The van der Waals surface area contributed by atoms with Gasteiger partial charge in [0.25, 0.3) is 0 Å². The van der Waals surface area contributed by atoms with Crippen LogP contribution in [0, 0.1) is 5.82 Å². The zero-order valence-electron chi connectivity index (χ0n) is 11.3. The molecule has 1 aromatic carbocycles. The summed E-state index contributed by atoms with van der Waals surface area (Å²) in [6.07, 6.45) is 3.28. The van der Waals surface area contributed by atoms with Gasteiger partial charge in [0.05, 0.1) is 6.10 Å². The molecular formula is C15H20FNO2. The molecule has 1 aromatic rings. The number of carbonyl (C=O) groups is 1. The number of amides is 1. The summed E-state index contributed by atoms with van der Waals surface area (Å²) in [6, 6.07) is 6.34. The predicted octanol–water partition coefficient (Wildman–Crippen LogP) is 2.40. The number of benzene rings is 1. The average molecular weight is 265 g/mol. The van der Waals surface area contributed by atoms with Crippen LogP contribution in [0.4, 0.5) is 4.39 Å². The molecule has 0 radical (unpaired) electrons. The predicted molar refractivity (Wildman–Crippen MR) is 71.3 cm³/mol. The molecule has 1 aliphatic heterocycles. The Morgan fingerprint density at radius 3 is 2.53 bits per heavy atom. The van der Waals surface area contributed by atoms with Crippen molar-refractivity contribution in [3.63, 3.8) is 0 Å². The molecule has 0 spiro atoms. The first kappa shape index (κ1) is 14.0. The first-order valence-corrected chi connectivity index (χ1v) is 6.74. The Morgan fingerprint density at radius 1 is 1.32 bits per heavy atom. The van der Waals surface area contributed by atoms with E-state index in [1.54, 1.807) is 19.2 Å². The second-order valence-corrected chi connectivity index (χ2v) is 4.94. The number of ether oxygens (including phenoxy) is 1. The van der Waals surface area contributed by atoms with Crippen LogP contribution in [0.15, 0.2) is 24.3 Å². The van der Waals surface area contributed by atoms with Gasteiger partial charge in [-0.2, -0.15) is 0 Å². The molecule has 1 amide bonds. The van der Waals surface area contributed by atoms with Crippen LogP contribution < -0.4 is 0 Å². The summed E-state index contributed by atoms with van der Waals surface area (Å²) >= 11 is 0. The van der Waals surface area contributed by atoms with Crippen molar-refractivity contribution in [2.24, 2.45) is 0 Å². The molecule has 2 rings (SSSR count). The summed E-state index contributed by atoms with van der Waals surface area (Å²) in [6.45, 7) is 1.56. The Hall–Kier alpha value is -1.42. The molecule has 1 aliphatic rings. The lowest BCUT2D eigenvalue weighted by atomic mass is 10.1. The van der Waals surface area contributed by atoms with Gasteiger partial charge in [-0.25, -0.2) is 4.39 Å². The normalized spacial score (nSPS) is 16.6. The summed E-state index contributed by atoms with van der Waals surface area (Å²) in [7, 11) is 1.72. The summed E-state index contributed by atoms with van der Waals surface area (Å²) in [5.74, 6) is -0.0596. The summed E-state index contributed by atoms with van der Waals surface area (Å²) in [4.78, 5) is 13.9. The lowest BCUT2D eigenvalue weighted by molar-refractivity contribution is -0.133. The van der Waals surface area contributed by atoms with Crippen LogP contribution >= 0.6 is 0 Å². The van der Waals surface area contributed by atoms with E-state index in [9.17, 15) is 9.18 Å².